The van der Waals surface area contributed by atoms with E-state index in [-0.39, 0.29) is 25.2 Å². The largest absolute Gasteiger partial charge is 0.454 e. The fourth-order valence-corrected chi connectivity index (χ4v) is 3.87. The number of hydrogen-bond donors (Lipinski definition) is 1. The number of ether oxygens (including phenoxy) is 3. The molecular formula is C21H22N2O7. The number of esters is 1. The minimum absolute atomic E-state index is 0.166. The van der Waals surface area contributed by atoms with Gasteiger partial charge < -0.3 is 19.5 Å². The second-order valence-corrected chi connectivity index (χ2v) is 7.45. The van der Waals surface area contributed by atoms with Gasteiger partial charge in [0.15, 0.2) is 18.1 Å². The fourth-order valence-electron chi connectivity index (χ4n) is 3.87. The fraction of sp³-hybridized carbons (Fsp3) is 0.429. The van der Waals surface area contributed by atoms with Crippen LogP contribution in [0.4, 0.5) is 0 Å². The molecule has 3 atom stereocenters. The quantitative estimate of drug-likeness (QED) is 0.418. The average Bonchev–Trinajstić information content (AvgIpc) is 3.32. The van der Waals surface area contributed by atoms with E-state index >= 15 is 0 Å². The molecule has 1 saturated heterocycles. The van der Waals surface area contributed by atoms with Crippen LogP contribution in [0.15, 0.2) is 30.4 Å². The maximum absolute atomic E-state index is 12.5. The van der Waals surface area contributed by atoms with Crippen LogP contribution in [0, 0.1) is 11.8 Å². The molecular weight excluding hydrogens is 392 g/mol. The minimum Gasteiger partial charge on any atom is -0.454 e. The van der Waals surface area contributed by atoms with Crippen molar-refractivity contribution in [3.8, 4) is 11.5 Å². The van der Waals surface area contributed by atoms with E-state index in [0.717, 1.165) is 10.5 Å². The molecule has 9 nitrogen and oxygen atoms in total. The van der Waals surface area contributed by atoms with E-state index in [9.17, 15) is 19.2 Å². The Kier molecular flexibility index (Phi) is 5.43. The summed E-state index contributed by atoms with van der Waals surface area (Å²) in [5.74, 6) is -1.57. The van der Waals surface area contributed by atoms with Gasteiger partial charge in [-0.25, -0.2) is 4.79 Å². The molecule has 0 aromatic heterocycles. The predicted molar refractivity (Wildman–Crippen MR) is 102 cm³/mol. The third kappa shape index (κ3) is 3.74. The van der Waals surface area contributed by atoms with Crippen LogP contribution in [-0.4, -0.2) is 48.0 Å². The Hall–Kier alpha value is -3.36. The lowest BCUT2D eigenvalue weighted by molar-refractivity contribution is -0.159. The molecule has 1 aliphatic carbocycles. The molecule has 3 aliphatic rings. The number of allylic oxidation sites excluding steroid dienone is 2. The molecule has 4 rings (SSSR count). The van der Waals surface area contributed by atoms with Crippen molar-refractivity contribution in [3.63, 3.8) is 0 Å². The second kappa shape index (κ2) is 8.17. The summed E-state index contributed by atoms with van der Waals surface area (Å²) in [7, 11) is 0. The van der Waals surface area contributed by atoms with Gasteiger partial charge in [0.05, 0.1) is 11.8 Å². The number of carbonyl (C=O) groups is 4. The van der Waals surface area contributed by atoms with Gasteiger partial charge in [-0.1, -0.05) is 18.2 Å². The van der Waals surface area contributed by atoms with Crippen molar-refractivity contribution in [1.82, 2.24) is 10.2 Å². The predicted octanol–water partition coefficient (Wildman–Crippen LogP) is 0.914. The minimum atomic E-state index is -1.07. The highest BCUT2D eigenvalue weighted by Crippen LogP contribution is 2.36. The van der Waals surface area contributed by atoms with Gasteiger partial charge in [0.2, 0.25) is 18.6 Å². The lowest BCUT2D eigenvalue weighted by atomic mass is 9.85. The summed E-state index contributed by atoms with van der Waals surface area (Å²) < 4.78 is 15.5. The molecule has 158 valence electrons. The monoisotopic (exact) mass is 414 g/mol. The second-order valence-electron chi connectivity index (χ2n) is 7.45. The van der Waals surface area contributed by atoms with Crippen molar-refractivity contribution in [1.29, 1.82) is 0 Å². The number of nitrogens with zero attached hydrogens (tertiary/aromatic N) is 1. The Morgan fingerprint density at radius 3 is 2.50 bits per heavy atom. The van der Waals surface area contributed by atoms with Crippen molar-refractivity contribution in [2.75, 3.05) is 13.4 Å². The molecule has 2 aliphatic heterocycles. The van der Waals surface area contributed by atoms with Crippen LogP contribution in [0.2, 0.25) is 0 Å². The summed E-state index contributed by atoms with van der Waals surface area (Å²) in [4.78, 5) is 50.4. The van der Waals surface area contributed by atoms with Crippen molar-refractivity contribution >= 4 is 23.7 Å². The van der Waals surface area contributed by atoms with E-state index < -0.39 is 36.4 Å². The average molecular weight is 414 g/mol. The smallest absolute Gasteiger partial charge is 0.329 e. The lowest BCUT2D eigenvalue weighted by Crippen LogP contribution is -2.45. The molecule has 0 radical (unpaired) electrons. The normalized spacial score (nSPS) is 22.6. The number of benzene rings is 1. The first kappa shape index (κ1) is 19.9. The Morgan fingerprint density at radius 2 is 1.80 bits per heavy atom. The highest BCUT2D eigenvalue weighted by Gasteiger charge is 2.50. The Labute approximate surface area is 172 Å². The SMILES string of the molecule is C[C@@H](C(=O)OCC(=O)NCc1ccc2c(c1)OCO2)N1C(=O)[C@H]2CC=CC[C@H]2C1=O. The number of fused-ring (bicyclic) bond motifs is 2. The molecule has 30 heavy (non-hydrogen) atoms. The molecule has 9 heteroatoms. The van der Waals surface area contributed by atoms with Crippen molar-refractivity contribution in [3.05, 3.63) is 35.9 Å². The highest BCUT2D eigenvalue weighted by molar-refractivity contribution is 6.08. The van der Waals surface area contributed by atoms with E-state index in [1.807, 2.05) is 12.2 Å². The van der Waals surface area contributed by atoms with Crippen LogP contribution in [0.1, 0.15) is 25.3 Å². The number of carbonyl (C=O) groups excluding carboxylic acids is 4. The van der Waals surface area contributed by atoms with Gasteiger partial charge in [0, 0.05) is 6.54 Å². The van der Waals surface area contributed by atoms with Crippen molar-refractivity contribution in [2.45, 2.75) is 32.4 Å². The molecule has 3 amide bonds. The number of likely N-dealkylation sites (tertiary alicyclic amines) is 1. The maximum Gasteiger partial charge on any atom is 0.329 e. The molecule has 0 saturated carbocycles. The standard InChI is InChI=1S/C21H22N2O7/c1-12(23-19(25)14-4-2-3-5-15(14)20(23)26)21(27)28-10-18(24)22-9-13-6-7-16-17(8-13)30-11-29-16/h2-3,6-8,12,14-15H,4-5,9-11H2,1H3,(H,22,24)/t12-,14-,15+/m0/s1. The Balaban J connectivity index is 1.26. The first-order valence-electron chi connectivity index (χ1n) is 9.79. The third-order valence-electron chi connectivity index (χ3n) is 5.54. The Bertz CT molecular complexity index is 900. The van der Waals surface area contributed by atoms with Gasteiger partial charge in [-0.05, 0) is 37.5 Å². The van der Waals surface area contributed by atoms with Crippen LogP contribution >= 0.6 is 0 Å². The molecule has 1 aromatic carbocycles. The summed E-state index contributed by atoms with van der Waals surface area (Å²) in [5, 5.41) is 2.64. The molecule has 1 N–H and O–H groups in total. The Morgan fingerprint density at radius 1 is 1.13 bits per heavy atom. The van der Waals surface area contributed by atoms with Gasteiger partial charge in [0.1, 0.15) is 6.04 Å². The van der Waals surface area contributed by atoms with Crippen LogP contribution in [0.5, 0.6) is 11.5 Å². The van der Waals surface area contributed by atoms with Crippen molar-refractivity contribution in [2.24, 2.45) is 11.8 Å². The van der Waals surface area contributed by atoms with Gasteiger partial charge >= 0.3 is 5.97 Å². The summed E-state index contributed by atoms with van der Waals surface area (Å²) >= 11 is 0. The van der Waals surface area contributed by atoms with Gasteiger partial charge in [-0.15, -0.1) is 0 Å². The molecule has 0 bridgehead atoms. The van der Waals surface area contributed by atoms with E-state index in [1.54, 1.807) is 18.2 Å². The molecule has 1 fully saturated rings. The van der Waals surface area contributed by atoms with Crippen molar-refractivity contribution < 1.29 is 33.4 Å². The van der Waals surface area contributed by atoms with E-state index in [0.29, 0.717) is 24.3 Å². The number of rotatable bonds is 6. The zero-order valence-corrected chi connectivity index (χ0v) is 16.5. The molecule has 0 spiro atoms. The van der Waals surface area contributed by atoms with Gasteiger partial charge in [0.25, 0.3) is 5.91 Å². The highest BCUT2D eigenvalue weighted by atomic mass is 16.7. The summed E-state index contributed by atoms with van der Waals surface area (Å²) in [6.07, 6.45) is 4.75. The van der Waals surface area contributed by atoms with E-state index in [2.05, 4.69) is 5.32 Å². The maximum atomic E-state index is 12.5. The van der Waals surface area contributed by atoms with Gasteiger partial charge in [-0.3, -0.25) is 19.3 Å². The first-order valence-corrected chi connectivity index (χ1v) is 9.79. The van der Waals surface area contributed by atoms with Crippen LogP contribution < -0.4 is 14.8 Å². The number of nitrogens with one attached hydrogen (secondary N) is 1. The molecule has 0 unspecified atom stereocenters. The topological polar surface area (TPSA) is 111 Å². The number of amides is 3. The third-order valence-corrected chi connectivity index (χ3v) is 5.54. The van der Waals surface area contributed by atoms with Crippen LogP contribution in [0.3, 0.4) is 0 Å². The number of imide groups is 1. The van der Waals surface area contributed by atoms with Crippen LogP contribution in [-0.2, 0) is 30.5 Å². The zero-order valence-electron chi connectivity index (χ0n) is 16.5. The summed E-state index contributed by atoms with van der Waals surface area (Å²) in [6, 6.07) is 4.23. The summed E-state index contributed by atoms with van der Waals surface area (Å²) in [6.45, 7) is 1.33. The summed E-state index contributed by atoms with van der Waals surface area (Å²) in [5.41, 5.74) is 0.803. The molecule has 1 aromatic rings. The first-order chi connectivity index (χ1) is 14.5. The van der Waals surface area contributed by atoms with Crippen LogP contribution in [0.25, 0.3) is 0 Å². The molecule has 2 heterocycles. The zero-order chi connectivity index (χ0) is 21.3. The lowest BCUT2D eigenvalue weighted by Gasteiger charge is -2.21. The number of hydrogen-bond acceptors (Lipinski definition) is 7. The van der Waals surface area contributed by atoms with Gasteiger partial charge in [-0.2, -0.15) is 0 Å². The van der Waals surface area contributed by atoms with E-state index in [1.165, 1.54) is 6.92 Å². The van der Waals surface area contributed by atoms with E-state index in [4.69, 9.17) is 14.2 Å².